The van der Waals surface area contributed by atoms with Crippen LogP contribution in [-0.4, -0.2) is 21.6 Å². The van der Waals surface area contributed by atoms with Crippen molar-refractivity contribution in [3.05, 3.63) is 23.9 Å². The third-order valence-corrected chi connectivity index (χ3v) is 4.71. The maximum atomic E-state index is 12.6. The number of amides is 2. The number of hydrogen-bond donors (Lipinski definition) is 0. The van der Waals surface area contributed by atoms with E-state index in [2.05, 4.69) is 17.3 Å². The maximum Gasteiger partial charge on any atom is 0.239 e. The maximum absolute atomic E-state index is 12.6. The molecule has 1 aliphatic heterocycles. The molecular formula is C14H12N4O2. The highest BCUT2D eigenvalue weighted by Crippen LogP contribution is 2.53. The average molecular weight is 268 g/mol. The van der Waals surface area contributed by atoms with E-state index in [9.17, 15) is 9.59 Å². The first kappa shape index (κ1) is 11.4. The van der Waals surface area contributed by atoms with Gasteiger partial charge in [-0.3, -0.25) is 14.3 Å². The lowest BCUT2D eigenvalue weighted by molar-refractivity contribution is -0.123. The summed E-state index contributed by atoms with van der Waals surface area (Å²) in [6.45, 7) is 0. The first-order valence-corrected chi connectivity index (χ1v) is 6.61. The molecule has 1 aromatic rings. The summed E-state index contributed by atoms with van der Waals surface area (Å²) in [6, 6.07) is 1.99. The summed E-state index contributed by atoms with van der Waals surface area (Å²) < 4.78 is 1.42. The van der Waals surface area contributed by atoms with Crippen molar-refractivity contribution in [2.24, 2.45) is 30.7 Å². The first-order chi connectivity index (χ1) is 9.63. The van der Waals surface area contributed by atoms with Gasteiger partial charge in [0.25, 0.3) is 0 Å². The molecule has 4 rings (SSSR count). The molecule has 100 valence electrons. The lowest BCUT2D eigenvalue weighted by atomic mass is 9.85. The summed E-state index contributed by atoms with van der Waals surface area (Å²) in [5.41, 5.74) is 0.259. The van der Waals surface area contributed by atoms with E-state index in [4.69, 9.17) is 5.26 Å². The van der Waals surface area contributed by atoms with Crippen LogP contribution in [-0.2, 0) is 16.6 Å². The molecule has 0 radical (unpaired) electrons. The van der Waals surface area contributed by atoms with Gasteiger partial charge in [0.1, 0.15) is 11.6 Å². The largest absolute Gasteiger partial charge is 0.274 e. The number of carbonyl (C=O) groups excluding carboxylic acids is 2. The monoisotopic (exact) mass is 268 g/mol. The van der Waals surface area contributed by atoms with Gasteiger partial charge in [-0.2, -0.15) is 10.4 Å². The molecule has 4 unspecified atom stereocenters. The van der Waals surface area contributed by atoms with E-state index in [-0.39, 0.29) is 41.0 Å². The van der Waals surface area contributed by atoms with Gasteiger partial charge in [0, 0.05) is 7.05 Å². The van der Waals surface area contributed by atoms with Crippen LogP contribution in [0.15, 0.2) is 18.3 Å². The Kier molecular flexibility index (Phi) is 2.04. The zero-order valence-electron chi connectivity index (χ0n) is 10.9. The van der Waals surface area contributed by atoms with Crippen LogP contribution in [0.1, 0.15) is 12.0 Å². The molecule has 3 aliphatic rings. The van der Waals surface area contributed by atoms with Gasteiger partial charge in [-0.25, -0.2) is 4.90 Å². The first-order valence-electron chi connectivity index (χ1n) is 6.61. The third-order valence-electron chi connectivity index (χ3n) is 4.71. The molecule has 0 N–H and O–H groups in total. The second-order valence-corrected chi connectivity index (χ2v) is 5.63. The third kappa shape index (κ3) is 1.15. The molecule has 0 aromatic carbocycles. The summed E-state index contributed by atoms with van der Waals surface area (Å²) in [4.78, 5) is 26.4. The fourth-order valence-electron chi connectivity index (χ4n) is 3.89. The van der Waals surface area contributed by atoms with Gasteiger partial charge in [-0.1, -0.05) is 12.2 Å². The molecule has 2 fully saturated rings. The molecule has 4 atom stereocenters. The van der Waals surface area contributed by atoms with Crippen molar-refractivity contribution in [3.63, 3.8) is 0 Å². The number of fused-ring (bicyclic) bond motifs is 5. The standard InChI is InChI=1S/C14H12N4O2/c1-17-12(9(5-15)6-16-17)18-13(19)10-7-2-3-8(4-7)11(10)14(18)20/h2-3,6-8,10-11H,4H2,1H3. The highest BCUT2D eigenvalue weighted by molar-refractivity contribution is 6.22. The average Bonchev–Trinajstić information content (AvgIpc) is 3.16. The summed E-state index contributed by atoms with van der Waals surface area (Å²) in [7, 11) is 1.64. The summed E-state index contributed by atoms with van der Waals surface area (Å²) >= 11 is 0. The summed E-state index contributed by atoms with van der Waals surface area (Å²) in [5.74, 6) is -0.224. The Morgan fingerprint density at radius 2 is 1.85 bits per heavy atom. The quantitative estimate of drug-likeness (QED) is 0.552. The van der Waals surface area contributed by atoms with Gasteiger partial charge in [-0.15, -0.1) is 0 Å². The predicted octanol–water partition coefficient (Wildman–Crippen LogP) is 0.603. The number of aryl methyl sites for hydroxylation is 1. The number of imide groups is 1. The number of hydrogen-bond acceptors (Lipinski definition) is 4. The topological polar surface area (TPSA) is 79.0 Å². The van der Waals surface area contributed by atoms with Crippen molar-refractivity contribution in [1.82, 2.24) is 9.78 Å². The number of nitrogens with zero attached hydrogens (tertiary/aromatic N) is 4. The van der Waals surface area contributed by atoms with Gasteiger partial charge in [0.2, 0.25) is 11.8 Å². The molecule has 0 spiro atoms. The molecule has 6 heteroatoms. The Hall–Kier alpha value is -2.42. The Bertz CT molecular complexity index is 681. The summed E-state index contributed by atoms with van der Waals surface area (Å²) in [6.07, 6.45) is 6.39. The van der Waals surface area contributed by atoms with E-state index in [1.54, 1.807) is 7.05 Å². The van der Waals surface area contributed by atoms with Crippen LogP contribution in [0.3, 0.4) is 0 Å². The van der Waals surface area contributed by atoms with Gasteiger partial charge in [-0.05, 0) is 18.3 Å². The Morgan fingerprint density at radius 3 is 2.40 bits per heavy atom. The van der Waals surface area contributed by atoms with Crippen LogP contribution in [0, 0.1) is 35.0 Å². The van der Waals surface area contributed by atoms with Crippen molar-refractivity contribution in [2.45, 2.75) is 6.42 Å². The Morgan fingerprint density at radius 1 is 1.25 bits per heavy atom. The van der Waals surface area contributed by atoms with Crippen molar-refractivity contribution in [3.8, 4) is 6.07 Å². The lowest BCUT2D eigenvalue weighted by Crippen LogP contribution is -2.35. The summed E-state index contributed by atoms with van der Waals surface area (Å²) in [5, 5.41) is 13.1. The molecule has 2 aliphatic carbocycles. The minimum atomic E-state index is -0.251. The highest BCUT2D eigenvalue weighted by Gasteiger charge is 2.60. The molecule has 6 nitrogen and oxygen atoms in total. The van der Waals surface area contributed by atoms with Crippen LogP contribution < -0.4 is 4.90 Å². The highest BCUT2D eigenvalue weighted by atomic mass is 16.2. The SMILES string of the molecule is Cn1ncc(C#N)c1N1C(=O)C2C3C=CC(C3)C2C1=O. The van der Waals surface area contributed by atoms with E-state index in [1.165, 1.54) is 15.8 Å². The zero-order valence-corrected chi connectivity index (χ0v) is 10.9. The number of aromatic nitrogens is 2. The molecule has 2 heterocycles. The number of nitriles is 1. The normalized spacial score (nSPS) is 33.9. The van der Waals surface area contributed by atoms with Gasteiger partial charge >= 0.3 is 0 Å². The van der Waals surface area contributed by atoms with E-state index in [0.29, 0.717) is 5.82 Å². The number of carbonyl (C=O) groups is 2. The van der Waals surface area contributed by atoms with Crippen molar-refractivity contribution < 1.29 is 9.59 Å². The van der Waals surface area contributed by atoms with Crippen LogP contribution in [0.4, 0.5) is 5.82 Å². The minimum Gasteiger partial charge on any atom is -0.274 e. The Labute approximate surface area is 115 Å². The van der Waals surface area contributed by atoms with Crippen LogP contribution in [0.5, 0.6) is 0 Å². The number of anilines is 1. The Balaban J connectivity index is 1.82. The predicted molar refractivity (Wildman–Crippen MR) is 68.1 cm³/mol. The zero-order chi connectivity index (χ0) is 14.0. The minimum absolute atomic E-state index is 0.171. The molecule has 1 saturated carbocycles. The molecule has 2 amide bonds. The van der Waals surface area contributed by atoms with Crippen LogP contribution >= 0.6 is 0 Å². The van der Waals surface area contributed by atoms with Gasteiger partial charge in [0.15, 0.2) is 5.82 Å². The fourth-order valence-corrected chi connectivity index (χ4v) is 3.89. The van der Waals surface area contributed by atoms with E-state index in [1.807, 2.05) is 6.07 Å². The van der Waals surface area contributed by atoms with E-state index < -0.39 is 0 Å². The van der Waals surface area contributed by atoms with Crippen LogP contribution in [0.25, 0.3) is 0 Å². The molecule has 2 bridgehead atoms. The van der Waals surface area contributed by atoms with E-state index >= 15 is 0 Å². The van der Waals surface area contributed by atoms with E-state index in [0.717, 1.165) is 6.42 Å². The van der Waals surface area contributed by atoms with Gasteiger partial charge in [0.05, 0.1) is 18.0 Å². The molecule has 1 saturated heterocycles. The fraction of sp³-hybridized carbons (Fsp3) is 0.429. The van der Waals surface area contributed by atoms with Gasteiger partial charge < -0.3 is 0 Å². The second-order valence-electron chi connectivity index (χ2n) is 5.63. The van der Waals surface area contributed by atoms with Crippen molar-refractivity contribution >= 4 is 17.6 Å². The smallest absolute Gasteiger partial charge is 0.239 e. The molecule has 20 heavy (non-hydrogen) atoms. The number of rotatable bonds is 1. The molecule has 1 aromatic heterocycles. The van der Waals surface area contributed by atoms with Crippen molar-refractivity contribution in [2.75, 3.05) is 4.90 Å². The second kappa shape index (κ2) is 3.57. The number of allylic oxidation sites excluding steroid dienone is 2. The lowest BCUT2D eigenvalue weighted by Gasteiger charge is -2.17. The van der Waals surface area contributed by atoms with Crippen LogP contribution in [0.2, 0.25) is 0 Å². The van der Waals surface area contributed by atoms with Crippen molar-refractivity contribution in [1.29, 1.82) is 5.26 Å². The molecular weight excluding hydrogens is 256 g/mol.